The molecule has 1 aliphatic rings. The predicted octanol–water partition coefficient (Wildman–Crippen LogP) is 5.49. The highest BCUT2D eigenvalue weighted by Crippen LogP contribution is 2.43. The molecule has 1 rings (SSSR count). The Balaban J connectivity index is 2.59. The molecule has 0 aromatic carbocycles. The van der Waals surface area contributed by atoms with Crippen molar-refractivity contribution >= 4 is 46.4 Å². The first-order chi connectivity index (χ1) is 6.73. The van der Waals surface area contributed by atoms with Crippen LogP contribution in [0.1, 0.15) is 39.5 Å². The number of alkyl halides is 4. The summed E-state index contributed by atoms with van der Waals surface area (Å²) in [6.45, 7) is 4.31. The van der Waals surface area contributed by atoms with Crippen molar-refractivity contribution in [1.29, 1.82) is 0 Å². The van der Waals surface area contributed by atoms with Gasteiger partial charge in [0, 0.05) is 6.42 Å². The molecule has 0 bridgehead atoms. The molecule has 1 unspecified atom stereocenters. The van der Waals surface area contributed by atoms with Gasteiger partial charge in [0.2, 0.25) is 0 Å². The SMILES string of the molecule is CC(C)C1(Cl)CC=C(CC(Cl)(Cl)Cl)CC1. The molecular weight excluding hydrogens is 274 g/mol. The molecule has 0 aromatic rings. The fourth-order valence-electron chi connectivity index (χ4n) is 1.83. The lowest BCUT2D eigenvalue weighted by Crippen LogP contribution is -2.30. The van der Waals surface area contributed by atoms with Gasteiger partial charge < -0.3 is 0 Å². The van der Waals surface area contributed by atoms with E-state index in [1.807, 2.05) is 0 Å². The maximum absolute atomic E-state index is 6.50. The highest BCUT2D eigenvalue weighted by Gasteiger charge is 2.34. The molecule has 0 radical (unpaired) electrons. The minimum Gasteiger partial charge on any atom is -0.119 e. The maximum atomic E-state index is 6.50. The highest BCUT2D eigenvalue weighted by molar-refractivity contribution is 6.67. The van der Waals surface area contributed by atoms with Crippen LogP contribution in [0, 0.1) is 5.92 Å². The molecule has 0 N–H and O–H groups in total. The number of rotatable bonds is 2. The quantitative estimate of drug-likeness (QED) is 0.466. The lowest BCUT2D eigenvalue weighted by molar-refractivity contribution is 0.384. The van der Waals surface area contributed by atoms with Crippen molar-refractivity contribution in [1.82, 2.24) is 0 Å². The van der Waals surface area contributed by atoms with Crippen LogP contribution in [0.2, 0.25) is 0 Å². The molecule has 0 fully saturated rings. The van der Waals surface area contributed by atoms with E-state index in [2.05, 4.69) is 19.9 Å². The van der Waals surface area contributed by atoms with Crippen molar-refractivity contribution in [2.24, 2.45) is 5.92 Å². The van der Waals surface area contributed by atoms with Gasteiger partial charge in [-0.25, -0.2) is 0 Å². The average molecular weight is 290 g/mol. The van der Waals surface area contributed by atoms with Gasteiger partial charge in [-0.3, -0.25) is 0 Å². The smallest absolute Gasteiger partial charge is 0.119 e. The second kappa shape index (κ2) is 5.04. The Morgan fingerprint density at radius 2 is 2.00 bits per heavy atom. The number of hydrogen-bond donors (Lipinski definition) is 0. The Kier molecular flexibility index (Phi) is 4.69. The standard InChI is InChI=1S/C11H16Cl4/c1-8(2)10(12)5-3-9(4-6-10)7-11(13,14)15/h3,8H,4-7H2,1-2H3. The third-order valence-corrected chi connectivity index (χ3v) is 4.23. The van der Waals surface area contributed by atoms with Crippen molar-refractivity contribution in [3.63, 3.8) is 0 Å². The summed E-state index contributed by atoms with van der Waals surface area (Å²) in [6.07, 6.45) is 5.44. The molecule has 0 saturated heterocycles. The van der Waals surface area contributed by atoms with Gasteiger partial charge in [0.1, 0.15) is 0 Å². The summed E-state index contributed by atoms with van der Waals surface area (Å²) < 4.78 is -1.17. The Bertz CT molecular complexity index is 252. The largest absolute Gasteiger partial charge is 0.194 e. The topological polar surface area (TPSA) is 0 Å². The lowest BCUT2D eigenvalue weighted by atomic mass is 9.81. The third kappa shape index (κ3) is 4.34. The molecule has 0 amide bonds. The molecule has 0 spiro atoms. The number of allylic oxidation sites excluding steroid dienone is 2. The lowest BCUT2D eigenvalue weighted by Gasteiger charge is -2.34. The summed E-state index contributed by atoms with van der Waals surface area (Å²) in [5.41, 5.74) is 1.21. The van der Waals surface area contributed by atoms with E-state index in [-0.39, 0.29) is 4.87 Å². The Hall–Kier alpha value is 0.900. The second-order valence-electron chi connectivity index (χ2n) is 4.55. The fourth-order valence-corrected chi connectivity index (χ4v) is 2.52. The van der Waals surface area contributed by atoms with Crippen LogP contribution in [0.3, 0.4) is 0 Å². The van der Waals surface area contributed by atoms with Gasteiger partial charge in [0.15, 0.2) is 3.79 Å². The first kappa shape index (κ1) is 14.0. The van der Waals surface area contributed by atoms with Gasteiger partial charge in [-0.05, 0) is 25.2 Å². The maximum Gasteiger partial charge on any atom is 0.194 e. The first-order valence-corrected chi connectivity index (χ1v) is 6.68. The normalized spacial score (nSPS) is 28.1. The molecular formula is C11H16Cl4. The van der Waals surface area contributed by atoms with Crippen molar-refractivity contribution < 1.29 is 0 Å². The molecule has 1 atom stereocenters. The molecule has 1 aliphatic carbocycles. The van der Waals surface area contributed by atoms with Gasteiger partial charge >= 0.3 is 0 Å². The van der Waals surface area contributed by atoms with E-state index in [1.54, 1.807) is 0 Å². The zero-order chi connectivity index (χ0) is 11.7. The molecule has 15 heavy (non-hydrogen) atoms. The van der Waals surface area contributed by atoms with E-state index in [1.165, 1.54) is 5.57 Å². The number of halogens is 4. The van der Waals surface area contributed by atoms with Crippen molar-refractivity contribution in [3.05, 3.63) is 11.6 Å². The molecule has 0 aliphatic heterocycles. The molecule has 0 saturated carbocycles. The fraction of sp³-hybridized carbons (Fsp3) is 0.818. The summed E-state index contributed by atoms with van der Waals surface area (Å²) in [4.78, 5) is -0.100. The van der Waals surface area contributed by atoms with Crippen LogP contribution in [-0.2, 0) is 0 Å². The van der Waals surface area contributed by atoms with Crippen LogP contribution in [0.15, 0.2) is 11.6 Å². The van der Waals surface area contributed by atoms with Gasteiger partial charge in [-0.1, -0.05) is 60.3 Å². The van der Waals surface area contributed by atoms with E-state index in [0.29, 0.717) is 12.3 Å². The molecule has 0 heterocycles. The van der Waals surface area contributed by atoms with Crippen LogP contribution in [0.25, 0.3) is 0 Å². The Labute approximate surface area is 112 Å². The summed E-state index contributed by atoms with van der Waals surface area (Å²) in [7, 11) is 0. The van der Waals surface area contributed by atoms with Crippen LogP contribution >= 0.6 is 46.4 Å². The molecule has 88 valence electrons. The Morgan fingerprint density at radius 3 is 2.33 bits per heavy atom. The molecule has 0 nitrogen and oxygen atoms in total. The zero-order valence-electron chi connectivity index (χ0n) is 8.99. The van der Waals surface area contributed by atoms with Crippen molar-refractivity contribution in [2.75, 3.05) is 0 Å². The van der Waals surface area contributed by atoms with Gasteiger partial charge in [-0.15, -0.1) is 11.6 Å². The van der Waals surface area contributed by atoms with Gasteiger partial charge in [-0.2, -0.15) is 0 Å². The minimum absolute atomic E-state index is 0.100. The summed E-state index contributed by atoms with van der Waals surface area (Å²) >= 11 is 23.8. The summed E-state index contributed by atoms with van der Waals surface area (Å²) in [5, 5.41) is 0. The van der Waals surface area contributed by atoms with E-state index in [9.17, 15) is 0 Å². The van der Waals surface area contributed by atoms with E-state index in [0.717, 1.165) is 19.3 Å². The first-order valence-electron chi connectivity index (χ1n) is 5.16. The third-order valence-electron chi connectivity index (χ3n) is 3.05. The Morgan fingerprint density at radius 1 is 1.40 bits per heavy atom. The monoisotopic (exact) mass is 288 g/mol. The zero-order valence-corrected chi connectivity index (χ0v) is 12.0. The second-order valence-corrected chi connectivity index (χ2v) is 7.82. The molecule has 4 heteroatoms. The number of hydrogen-bond acceptors (Lipinski definition) is 0. The van der Waals surface area contributed by atoms with Crippen LogP contribution in [-0.4, -0.2) is 8.67 Å². The van der Waals surface area contributed by atoms with Crippen LogP contribution in [0.5, 0.6) is 0 Å². The van der Waals surface area contributed by atoms with Gasteiger partial charge in [0.25, 0.3) is 0 Å². The van der Waals surface area contributed by atoms with E-state index >= 15 is 0 Å². The van der Waals surface area contributed by atoms with Crippen molar-refractivity contribution in [3.8, 4) is 0 Å². The average Bonchev–Trinajstić information content (AvgIpc) is 2.07. The summed E-state index contributed by atoms with van der Waals surface area (Å²) in [6, 6.07) is 0. The summed E-state index contributed by atoms with van der Waals surface area (Å²) in [5.74, 6) is 0.477. The van der Waals surface area contributed by atoms with E-state index < -0.39 is 3.79 Å². The predicted molar refractivity (Wildman–Crippen MR) is 70.3 cm³/mol. The minimum atomic E-state index is -1.17. The van der Waals surface area contributed by atoms with E-state index in [4.69, 9.17) is 46.4 Å². The van der Waals surface area contributed by atoms with Crippen molar-refractivity contribution in [2.45, 2.75) is 48.2 Å². The highest BCUT2D eigenvalue weighted by atomic mass is 35.6. The molecule has 0 aromatic heterocycles. The van der Waals surface area contributed by atoms with Crippen LogP contribution < -0.4 is 0 Å². The van der Waals surface area contributed by atoms with Gasteiger partial charge in [0.05, 0.1) is 4.87 Å². The van der Waals surface area contributed by atoms with Crippen LogP contribution in [0.4, 0.5) is 0 Å².